The van der Waals surface area contributed by atoms with E-state index in [1.807, 2.05) is 25.2 Å². The second-order valence-electron chi connectivity index (χ2n) is 5.48. The van der Waals surface area contributed by atoms with Crippen molar-refractivity contribution < 1.29 is 9.53 Å². The lowest BCUT2D eigenvalue weighted by molar-refractivity contribution is -0.131. The number of thiazole rings is 1. The van der Waals surface area contributed by atoms with Crippen LogP contribution >= 0.6 is 11.3 Å². The molecule has 1 fully saturated rings. The molecule has 112 valence electrons. The molecule has 1 aliphatic rings. The molecular formula is C16H20N2O2S. The first-order valence-electron chi connectivity index (χ1n) is 7.42. The minimum atomic E-state index is 0.171. The van der Waals surface area contributed by atoms with Gasteiger partial charge in [-0.25, -0.2) is 4.98 Å². The number of rotatable bonds is 5. The van der Waals surface area contributed by atoms with Crippen LogP contribution < -0.4 is 0 Å². The third-order valence-corrected chi connectivity index (χ3v) is 4.91. The fourth-order valence-electron chi connectivity index (χ4n) is 2.63. The zero-order valence-corrected chi connectivity index (χ0v) is 13.1. The first-order chi connectivity index (χ1) is 10.2. The lowest BCUT2D eigenvalue weighted by Gasteiger charge is -2.20. The summed E-state index contributed by atoms with van der Waals surface area (Å²) in [7, 11) is 1.86. The van der Waals surface area contributed by atoms with E-state index in [0.29, 0.717) is 19.4 Å². The van der Waals surface area contributed by atoms with Gasteiger partial charge in [-0.15, -0.1) is 11.3 Å². The number of carbonyl (C=O) groups excluding carboxylic acids is 1. The predicted octanol–water partition coefficient (Wildman–Crippen LogP) is 2.87. The lowest BCUT2D eigenvalue weighted by atomic mass is 10.2. The van der Waals surface area contributed by atoms with Crippen molar-refractivity contribution >= 4 is 27.5 Å². The molecule has 2 heterocycles. The molecule has 3 rings (SSSR count). The van der Waals surface area contributed by atoms with Crippen molar-refractivity contribution in [3.05, 3.63) is 29.3 Å². The van der Waals surface area contributed by atoms with Gasteiger partial charge in [0.25, 0.3) is 0 Å². The molecule has 21 heavy (non-hydrogen) atoms. The van der Waals surface area contributed by atoms with Crippen molar-refractivity contribution in [1.82, 2.24) is 9.88 Å². The number of hydrogen-bond donors (Lipinski definition) is 0. The molecule has 2 aromatic rings. The topological polar surface area (TPSA) is 42.4 Å². The summed E-state index contributed by atoms with van der Waals surface area (Å²) < 4.78 is 6.76. The molecule has 0 bridgehead atoms. The summed E-state index contributed by atoms with van der Waals surface area (Å²) in [4.78, 5) is 18.5. The number of hydrogen-bond acceptors (Lipinski definition) is 4. The van der Waals surface area contributed by atoms with Gasteiger partial charge in [0.1, 0.15) is 0 Å². The summed E-state index contributed by atoms with van der Waals surface area (Å²) in [6.45, 7) is 1.54. The first kappa shape index (κ1) is 14.5. The van der Waals surface area contributed by atoms with Gasteiger partial charge in [-0.1, -0.05) is 12.1 Å². The average molecular weight is 304 g/mol. The second kappa shape index (κ2) is 6.54. The fourth-order valence-corrected chi connectivity index (χ4v) is 3.59. The number of aromatic nitrogens is 1. The van der Waals surface area contributed by atoms with Gasteiger partial charge in [-0.05, 0) is 25.0 Å². The lowest BCUT2D eigenvalue weighted by Crippen LogP contribution is -2.34. The Bertz CT molecular complexity index is 587. The Labute approximate surface area is 128 Å². The summed E-state index contributed by atoms with van der Waals surface area (Å²) in [5.41, 5.74) is 1.03. The maximum Gasteiger partial charge on any atom is 0.222 e. The minimum Gasteiger partial charge on any atom is -0.376 e. The molecule has 1 aliphatic heterocycles. The van der Waals surface area contributed by atoms with E-state index in [1.54, 1.807) is 16.2 Å². The zero-order valence-electron chi connectivity index (χ0n) is 12.2. The van der Waals surface area contributed by atoms with Crippen LogP contribution in [0.5, 0.6) is 0 Å². The maximum atomic E-state index is 12.2. The van der Waals surface area contributed by atoms with E-state index in [4.69, 9.17) is 4.74 Å². The van der Waals surface area contributed by atoms with Crippen molar-refractivity contribution in [3.63, 3.8) is 0 Å². The molecular weight excluding hydrogens is 284 g/mol. The molecule has 1 atom stereocenters. The number of carbonyl (C=O) groups is 1. The number of fused-ring (bicyclic) bond motifs is 1. The summed E-state index contributed by atoms with van der Waals surface area (Å²) in [5.74, 6) is 0.171. The number of likely N-dealkylation sites (N-methyl/N-ethyl adjacent to an activating group) is 1. The Morgan fingerprint density at radius 3 is 3.10 bits per heavy atom. The van der Waals surface area contributed by atoms with Crippen LogP contribution in [-0.2, 0) is 16.0 Å². The Morgan fingerprint density at radius 2 is 2.33 bits per heavy atom. The van der Waals surface area contributed by atoms with Crippen LogP contribution in [0.15, 0.2) is 24.3 Å². The number of aryl methyl sites for hydroxylation is 1. The van der Waals surface area contributed by atoms with Gasteiger partial charge in [0.05, 0.1) is 21.3 Å². The Balaban J connectivity index is 1.52. The van der Waals surface area contributed by atoms with E-state index in [9.17, 15) is 4.79 Å². The highest BCUT2D eigenvalue weighted by atomic mass is 32.1. The van der Waals surface area contributed by atoms with E-state index in [1.165, 1.54) is 4.70 Å². The van der Waals surface area contributed by atoms with E-state index in [2.05, 4.69) is 11.1 Å². The van der Waals surface area contributed by atoms with Gasteiger partial charge in [-0.2, -0.15) is 0 Å². The second-order valence-corrected chi connectivity index (χ2v) is 6.60. The summed E-state index contributed by atoms with van der Waals surface area (Å²) in [6, 6.07) is 8.10. The maximum absolute atomic E-state index is 12.2. The van der Waals surface area contributed by atoms with Gasteiger partial charge in [0, 0.05) is 33.0 Å². The molecule has 1 aromatic carbocycles. The largest absolute Gasteiger partial charge is 0.376 e. The van der Waals surface area contributed by atoms with Gasteiger partial charge in [0.2, 0.25) is 5.91 Å². The Morgan fingerprint density at radius 1 is 1.48 bits per heavy atom. The smallest absolute Gasteiger partial charge is 0.222 e. The van der Waals surface area contributed by atoms with Crippen molar-refractivity contribution in [2.75, 3.05) is 20.2 Å². The van der Waals surface area contributed by atoms with Gasteiger partial charge in [0.15, 0.2) is 0 Å². The first-order valence-corrected chi connectivity index (χ1v) is 8.24. The SMILES string of the molecule is CN(CC1CCCO1)C(=O)CCc1nc2ccccc2s1. The Kier molecular flexibility index (Phi) is 4.51. The highest BCUT2D eigenvalue weighted by Crippen LogP contribution is 2.22. The molecule has 0 N–H and O–H groups in total. The van der Waals surface area contributed by atoms with Crippen molar-refractivity contribution in [1.29, 1.82) is 0 Å². The van der Waals surface area contributed by atoms with Crippen molar-refractivity contribution in [2.24, 2.45) is 0 Å². The van der Waals surface area contributed by atoms with E-state index in [0.717, 1.165) is 30.0 Å². The molecule has 0 aliphatic carbocycles. The average Bonchev–Trinajstić information content (AvgIpc) is 3.13. The van der Waals surface area contributed by atoms with E-state index in [-0.39, 0.29) is 12.0 Å². The van der Waals surface area contributed by atoms with Gasteiger partial charge < -0.3 is 9.64 Å². The Hall–Kier alpha value is -1.46. The normalized spacial score (nSPS) is 18.2. The van der Waals surface area contributed by atoms with Crippen LogP contribution in [-0.4, -0.2) is 42.1 Å². The van der Waals surface area contributed by atoms with Gasteiger partial charge >= 0.3 is 0 Å². The molecule has 0 saturated carbocycles. The molecule has 0 radical (unpaired) electrons. The monoisotopic (exact) mass is 304 g/mol. The summed E-state index contributed by atoms with van der Waals surface area (Å²) >= 11 is 1.68. The zero-order chi connectivity index (χ0) is 14.7. The highest BCUT2D eigenvalue weighted by Gasteiger charge is 2.20. The molecule has 5 heteroatoms. The van der Waals surface area contributed by atoms with Gasteiger partial charge in [-0.3, -0.25) is 4.79 Å². The summed E-state index contributed by atoms with van der Waals surface area (Å²) in [6.07, 6.45) is 3.63. The van der Waals surface area contributed by atoms with Crippen LogP contribution in [0.1, 0.15) is 24.3 Å². The molecule has 1 saturated heterocycles. The van der Waals surface area contributed by atoms with Crippen LogP contribution in [0.25, 0.3) is 10.2 Å². The predicted molar refractivity (Wildman–Crippen MR) is 84.6 cm³/mol. The third kappa shape index (κ3) is 3.60. The highest BCUT2D eigenvalue weighted by molar-refractivity contribution is 7.18. The summed E-state index contributed by atoms with van der Waals surface area (Å²) in [5, 5.41) is 1.04. The molecule has 0 spiro atoms. The number of benzene rings is 1. The van der Waals surface area contributed by atoms with E-state index >= 15 is 0 Å². The number of amides is 1. The molecule has 1 unspecified atom stereocenters. The standard InChI is InChI=1S/C16H20N2O2S/c1-18(11-12-5-4-10-20-12)16(19)9-8-15-17-13-6-2-3-7-14(13)21-15/h2-3,6-7,12H,4-5,8-11H2,1H3. The minimum absolute atomic E-state index is 0.171. The van der Waals surface area contributed by atoms with Crippen LogP contribution in [0, 0.1) is 0 Å². The quantitative estimate of drug-likeness (QED) is 0.853. The number of nitrogens with zero attached hydrogens (tertiary/aromatic N) is 2. The van der Waals surface area contributed by atoms with Crippen molar-refractivity contribution in [3.8, 4) is 0 Å². The fraction of sp³-hybridized carbons (Fsp3) is 0.500. The molecule has 4 nitrogen and oxygen atoms in total. The van der Waals surface area contributed by atoms with Crippen molar-refractivity contribution in [2.45, 2.75) is 31.8 Å². The van der Waals surface area contributed by atoms with Crippen LogP contribution in [0.3, 0.4) is 0 Å². The van der Waals surface area contributed by atoms with Crippen LogP contribution in [0.2, 0.25) is 0 Å². The van der Waals surface area contributed by atoms with Crippen LogP contribution in [0.4, 0.5) is 0 Å². The van der Waals surface area contributed by atoms with E-state index < -0.39 is 0 Å². The molecule has 1 amide bonds. The number of ether oxygens (including phenoxy) is 1. The molecule has 1 aromatic heterocycles. The number of para-hydroxylation sites is 1. The third-order valence-electron chi connectivity index (χ3n) is 3.82.